The molecule has 1 saturated heterocycles. The lowest BCUT2D eigenvalue weighted by molar-refractivity contribution is 0.120. The highest BCUT2D eigenvalue weighted by Gasteiger charge is 2.34. The lowest BCUT2D eigenvalue weighted by Crippen LogP contribution is -2.51. The molecule has 0 bridgehead atoms. The van der Waals surface area contributed by atoms with Gasteiger partial charge in [0.1, 0.15) is 11.5 Å². The number of carbonyl (C=O) groups excluding carboxylic acids is 1. The van der Waals surface area contributed by atoms with E-state index >= 15 is 4.79 Å². The van der Waals surface area contributed by atoms with Crippen LogP contribution >= 0.6 is 12.4 Å². The number of nitrogens with one attached hydrogen (secondary N) is 1. The van der Waals surface area contributed by atoms with E-state index in [1.54, 1.807) is 24.3 Å². The zero-order valence-corrected chi connectivity index (χ0v) is 33.6. The highest BCUT2D eigenvalue weighted by atomic mass is 35.5. The molecule has 1 heterocycles. The number of ether oxygens (including phenoxy) is 1. The second-order valence-corrected chi connectivity index (χ2v) is 16.1. The molecule has 52 heavy (non-hydrogen) atoms. The minimum absolute atomic E-state index is 0. The van der Waals surface area contributed by atoms with Gasteiger partial charge in [-0.2, -0.15) is 0 Å². The summed E-state index contributed by atoms with van der Waals surface area (Å²) in [6.45, 7) is 18.3. The largest absolute Gasteiger partial charge is 0.457 e. The number of benzene rings is 4. The Morgan fingerprint density at radius 3 is 1.69 bits per heavy atom. The van der Waals surface area contributed by atoms with E-state index in [9.17, 15) is 8.42 Å². The molecule has 4 aromatic carbocycles. The molecule has 8 nitrogen and oxygen atoms in total. The maximum atomic E-state index is 15.0. The summed E-state index contributed by atoms with van der Waals surface area (Å²) in [6, 6.07) is 23.9. The van der Waals surface area contributed by atoms with E-state index in [0.29, 0.717) is 17.2 Å². The van der Waals surface area contributed by atoms with Gasteiger partial charge in [-0.3, -0.25) is 14.5 Å². The molecular weight excluding hydrogens is 692 g/mol. The average Bonchev–Trinajstić information content (AvgIpc) is 3.05. The summed E-state index contributed by atoms with van der Waals surface area (Å²) in [7, 11) is -3.33. The third-order valence-electron chi connectivity index (χ3n) is 9.63. The average molecular weight is 747 g/mol. The highest BCUT2D eigenvalue weighted by molar-refractivity contribution is 7.92. The molecular formula is C42H55ClN4O4S. The number of hydrogen-bond acceptors (Lipinski definition) is 5. The number of sulfonamides is 1. The van der Waals surface area contributed by atoms with Gasteiger partial charge in [0.25, 0.3) is 0 Å². The summed E-state index contributed by atoms with van der Waals surface area (Å²) < 4.78 is 31.4. The number of nitrogens with zero attached hydrogens (tertiary/aromatic N) is 3. The fraction of sp³-hybridized carbons (Fsp3) is 0.405. The van der Waals surface area contributed by atoms with E-state index in [0.717, 1.165) is 91.7 Å². The number of unbranched alkanes of at least 4 members (excludes halogenated alkanes) is 1. The Kier molecular flexibility index (Phi) is 13.8. The van der Waals surface area contributed by atoms with Crippen molar-refractivity contribution in [3.63, 3.8) is 0 Å². The fourth-order valence-corrected chi connectivity index (χ4v) is 8.06. The van der Waals surface area contributed by atoms with Crippen molar-refractivity contribution >= 4 is 45.5 Å². The predicted octanol–water partition coefficient (Wildman–Crippen LogP) is 10.1. The zero-order valence-electron chi connectivity index (χ0n) is 32.0. The maximum Gasteiger partial charge on any atom is 0.329 e. The van der Waals surface area contributed by atoms with E-state index in [1.807, 2.05) is 17.0 Å². The quantitative estimate of drug-likeness (QED) is 0.156. The van der Waals surface area contributed by atoms with Gasteiger partial charge in [0, 0.05) is 37.9 Å². The second kappa shape index (κ2) is 17.6. The molecule has 0 atom stereocenters. The van der Waals surface area contributed by atoms with Crippen LogP contribution in [0.1, 0.15) is 71.6 Å². The lowest BCUT2D eigenvalue weighted by atomic mass is 9.99. The molecule has 2 amide bonds. The Hall–Kier alpha value is -4.05. The molecule has 0 aliphatic carbocycles. The smallest absolute Gasteiger partial charge is 0.329 e. The molecule has 0 saturated carbocycles. The van der Waals surface area contributed by atoms with Gasteiger partial charge in [0.05, 0.1) is 17.6 Å². The van der Waals surface area contributed by atoms with Crippen LogP contribution in [0.2, 0.25) is 0 Å². The van der Waals surface area contributed by atoms with Crippen LogP contribution in [0.4, 0.5) is 21.9 Å². The van der Waals surface area contributed by atoms with Crippen LogP contribution in [-0.2, 0) is 16.6 Å². The number of piperidine rings is 1. The summed E-state index contributed by atoms with van der Waals surface area (Å²) in [5.41, 5.74) is 10.5. The molecule has 5 rings (SSSR count). The van der Waals surface area contributed by atoms with Crippen molar-refractivity contribution in [2.45, 2.75) is 86.7 Å². The number of aryl methyl sites for hydroxylation is 6. The molecule has 1 N–H and O–H groups in total. The van der Waals surface area contributed by atoms with Gasteiger partial charge >= 0.3 is 6.03 Å². The molecule has 0 spiro atoms. The standard InChI is InChI=1S/C42H54N4O4S.ClH/c1-9-10-21-45(42(47)46(40-31(4)24-29(2)25-32(40)5)41-33(6)26-30(3)27-34(41)7)37-19-22-44(23-20-37)28-35-11-15-38(16-12-35)50-39-17-13-36(14-18-39)43-51(8,48)49;/h11-18,24-27,37,43H,9-10,19-23,28H2,1-8H3;1H. The Balaban J connectivity index is 0.00000605. The molecule has 10 heteroatoms. The number of hydrogen-bond donors (Lipinski definition) is 1. The minimum Gasteiger partial charge on any atom is -0.457 e. The Labute approximate surface area is 317 Å². The number of halogens is 1. The highest BCUT2D eigenvalue weighted by Crippen LogP contribution is 2.39. The minimum atomic E-state index is -3.33. The molecule has 1 aliphatic rings. The van der Waals surface area contributed by atoms with E-state index in [1.165, 1.54) is 16.7 Å². The normalized spacial score (nSPS) is 13.7. The zero-order chi connectivity index (χ0) is 36.9. The van der Waals surface area contributed by atoms with E-state index in [-0.39, 0.29) is 24.5 Å². The summed E-state index contributed by atoms with van der Waals surface area (Å²) in [5.74, 6) is 1.35. The first-order valence-electron chi connectivity index (χ1n) is 18.1. The van der Waals surface area contributed by atoms with Gasteiger partial charge in [-0.25, -0.2) is 13.2 Å². The monoisotopic (exact) mass is 746 g/mol. The lowest BCUT2D eigenvalue weighted by Gasteiger charge is -2.42. The number of likely N-dealkylation sites (tertiary alicyclic amines) is 1. The Bertz CT molecular complexity index is 1840. The summed E-state index contributed by atoms with van der Waals surface area (Å²) >= 11 is 0. The van der Waals surface area contributed by atoms with Crippen LogP contribution in [-0.4, -0.2) is 56.2 Å². The number of urea groups is 1. The van der Waals surface area contributed by atoms with Crippen molar-refractivity contribution in [1.29, 1.82) is 0 Å². The Morgan fingerprint density at radius 2 is 1.25 bits per heavy atom. The first-order chi connectivity index (χ1) is 24.2. The van der Waals surface area contributed by atoms with E-state index < -0.39 is 10.0 Å². The van der Waals surface area contributed by atoms with E-state index in [4.69, 9.17) is 4.74 Å². The molecule has 0 unspecified atom stereocenters. The van der Waals surface area contributed by atoms with Crippen LogP contribution in [0.3, 0.4) is 0 Å². The van der Waals surface area contributed by atoms with Crippen LogP contribution in [0, 0.1) is 41.5 Å². The first kappa shape index (κ1) is 40.7. The fourth-order valence-electron chi connectivity index (χ4n) is 7.50. The molecule has 0 radical (unpaired) electrons. The summed E-state index contributed by atoms with van der Waals surface area (Å²) in [4.78, 5) is 21.7. The van der Waals surface area contributed by atoms with Crippen LogP contribution in [0.15, 0.2) is 72.8 Å². The third kappa shape index (κ3) is 10.3. The Morgan fingerprint density at radius 1 is 0.788 bits per heavy atom. The van der Waals surface area contributed by atoms with Gasteiger partial charge in [-0.1, -0.05) is 60.9 Å². The van der Waals surface area contributed by atoms with Crippen LogP contribution in [0.5, 0.6) is 11.5 Å². The van der Waals surface area contributed by atoms with Gasteiger partial charge in [-0.15, -0.1) is 12.4 Å². The number of anilines is 3. The number of amides is 2. The predicted molar refractivity (Wildman–Crippen MR) is 217 cm³/mol. The molecule has 1 fully saturated rings. The summed E-state index contributed by atoms with van der Waals surface area (Å²) in [5, 5.41) is 0. The second-order valence-electron chi connectivity index (χ2n) is 14.3. The van der Waals surface area contributed by atoms with Gasteiger partial charge < -0.3 is 9.64 Å². The van der Waals surface area contributed by atoms with Crippen molar-refractivity contribution in [1.82, 2.24) is 9.80 Å². The number of carbonyl (C=O) groups is 1. The first-order valence-corrected chi connectivity index (χ1v) is 19.9. The summed E-state index contributed by atoms with van der Waals surface area (Å²) in [6.07, 6.45) is 4.96. The molecule has 280 valence electrons. The van der Waals surface area contributed by atoms with Gasteiger partial charge in [0.2, 0.25) is 10.0 Å². The van der Waals surface area contributed by atoms with Gasteiger partial charge in [-0.05, 0) is 125 Å². The topological polar surface area (TPSA) is 82.2 Å². The third-order valence-corrected chi connectivity index (χ3v) is 10.2. The SMILES string of the molecule is CCCCN(C(=O)N(c1c(C)cc(C)cc1C)c1c(C)cc(C)cc1C)C1CCN(Cc2ccc(Oc3ccc(NS(C)(=O)=O)cc3)cc2)CC1.Cl. The van der Waals surface area contributed by atoms with Crippen molar-refractivity contribution in [2.75, 3.05) is 35.5 Å². The van der Waals surface area contributed by atoms with Crippen molar-refractivity contribution < 1.29 is 17.9 Å². The van der Waals surface area contributed by atoms with Crippen LogP contribution < -0.4 is 14.4 Å². The van der Waals surface area contributed by atoms with Crippen molar-refractivity contribution in [3.05, 3.63) is 112 Å². The van der Waals surface area contributed by atoms with E-state index in [2.05, 4.69) is 99.4 Å². The maximum absolute atomic E-state index is 15.0. The van der Waals surface area contributed by atoms with Crippen molar-refractivity contribution in [2.24, 2.45) is 0 Å². The molecule has 4 aromatic rings. The molecule has 1 aliphatic heterocycles. The number of rotatable bonds is 12. The van der Waals surface area contributed by atoms with Gasteiger partial charge in [0.15, 0.2) is 0 Å². The van der Waals surface area contributed by atoms with Crippen LogP contribution in [0.25, 0.3) is 0 Å². The van der Waals surface area contributed by atoms with Crippen molar-refractivity contribution in [3.8, 4) is 11.5 Å². The molecule has 0 aromatic heterocycles.